The van der Waals surface area contributed by atoms with Gasteiger partial charge in [0.25, 0.3) is 0 Å². The Morgan fingerprint density at radius 1 is 1.35 bits per heavy atom. The summed E-state index contributed by atoms with van der Waals surface area (Å²) in [5.41, 5.74) is -1.57. The van der Waals surface area contributed by atoms with Gasteiger partial charge in [0, 0.05) is 12.5 Å². The summed E-state index contributed by atoms with van der Waals surface area (Å²) in [5, 5.41) is 8.95. The Hall–Kier alpha value is -1.75. The standard InChI is InChI=1S/C18H19F3N2O2S/c1-2-17-13-5-3-11(7-13)16(17)10-23(26(17,24)25)14-6-4-12(9-22)15(8-14)18(19,20)21/h4,6,8,11,13,16H,2-3,5,7,10H2,1H3/t11-,13+,16+,17-/m1/s1. The number of halogens is 3. The molecule has 0 amide bonds. The summed E-state index contributed by atoms with van der Waals surface area (Å²) in [7, 11) is -3.76. The summed E-state index contributed by atoms with van der Waals surface area (Å²) >= 11 is 0. The fourth-order valence-electron chi connectivity index (χ4n) is 5.71. The number of benzene rings is 1. The van der Waals surface area contributed by atoms with Crippen LogP contribution < -0.4 is 4.31 Å². The molecule has 4 nitrogen and oxygen atoms in total. The SMILES string of the molecule is CC[C@@]12[C@H]3CC[C@H](C3)[C@@H]1CN(c1ccc(C#N)c(C(F)(F)F)c1)S2(=O)=O. The van der Waals surface area contributed by atoms with Crippen LogP contribution in [0.1, 0.15) is 43.7 Å². The maximum atomic E-state index is 13.4. The summed E-state index contributed by atoms with van der Waals surface area (Å²) < 4.78 is 67.0. The average molecular weight is 384 g/mol. The van der Waals surface area contributed by atoms with E-state index >= 15 is 0 Å². The molecule has 0 N–H and O–H groups in total. The second-order valence-electron chi connectivity index (χ2n) is 7.56. The molecule has 2 saturated carbocycles. The molecule has 3 fully saturated rings. The van der Waals surface area contributed by atoms with Crippen LogP contribution in [-0.2, 0) is 16.2 Å². The third-order valence-electron chi connectivity index (χ3n) is 6.76. The van der Waals surface area contributed by atoms with E-state index in [4.69, 9.17) is 5.26 Å². The fraction of sp³-hybridized carbons (Fsp3) is 0.611. The lowest BCUT2D eigenvalue weighted by Crippen LogP contribution is -2.47. The quantitative estimate of drug-likeness (QED) is 0.776. The number of sulfonamides is 1. The molecule has 0 spiro atoms. The van der Waals surface area contributed by atoms with E-state index in [1.807, 2.05) is 6.92 Å². The van der Waals surface area contributed by atoms with Crippen LogP contribution in [-0.4, -0.2) is 19.7 Å². The normalized spacial score (nSPS) is 34.7. The number of fused-ring (bicyclic) bond motifs is 5. The molecule has 1 aromatic carbocycles. The monoisotopic (exact) mass is 384 g/mol. The first-order chi connectivity index (χ1) is 12.2. The Morgan fingerprint density at radius 2 is 2.08 bits per heavy atom. The van der Waals surface area contributed by atoms with Crippen molar-refractivity contribution in [3.8, 4) is 6.07 Å². The average Bonchev–Trinajstić information content (AvgIpc) is 3.23. The van der Waals surface area contributed by atoms with Gasteiger partial charge < -0.3 is 0 Å². The Bertz CT molecular complexity index is 906. The van der Waals surface area contributed by atoms with E-state index in [9.17, 15) is 21.6 Å². The van der Waals surface area contributed by atoms with Gasteiger partial charge in [-0.3, -0.25) is 4.31 Å². The summed E-state index contributed by atoms with van der Waals surface area (Å²) in [6.45, 7) is 2.11. The van der Waals surface area contributed by atoms with Crippen LogP contribution in [0.5, 0.6) is 0 Å². The molecular formula is C18H19F3N2O2S. The Labute approximate surface area is 150 Å². The van der Waals surface area contributed by atoms with Gasteiger partial charge in [0.2, 0.25) is 10.0 Å². The highest BCUT2D eigenvalue weighted by atomic mass is 32.2. The first kappa shape index (κ1) is 17.7. The van der Waals surface area contributed by atoms with Gasteiger partial charge in [0.15, 0.2) is 0 Å². The highest BCUT2D eigenvalue weighted by molar-refractivity contribution is 7.94. The predicted octanol–water partition coefficient (Wildman–Crippen LogP) is 3.92. The van der Waals surface area contributed by atoms with E-state index in [0.29, 0.717) is 12.3 Å². The van der Waals surface area contributed by atoms with Crippen LogP contribution in [0.25, 0.3) is 0 Å². The molecule has 2 bridgehead atoms. The zero-order valence-corrected chi connectivity index (χ0v) is 15.1. The number of nitrogens with zero attached hydrogens (tertiary/aromatic N) is 2. The van der Waals surface area contributed by atoms with Gasteiger partial charge >= 0.3 is 6.18 Å². The molecule has 2 aliphatic carbocycles. The molecule has 1 saturated heterocycles. The number of nitriles is 1. The third-order valence-corrected chi connectivity index (χ3v) is 9.59. The van der Waals surface area contributed by atoms with Gasteiger partial charge in [-0.2, -0.15) is 18.4 Å². The molecule has 26 heavy (non-hydrogen) atoms. The Kier molecular flexibility index (Phi) is 3.65. The molecule has 3 aliphatic rings. The van der Waals surface area contributed by atoms with Gasteiger partial charge in [-0.05, 0) is 55.7 Å². The molecular weight excluding hydrogens is 365 g/mol. The molecule has 1 aromatic rings. The van der Waals surface area contributed by atoms with Crippen LogP contribution in [0.4, 0.5) is 18.9 Å². The zero-order chi connectivity index (χ0) is 18.9. The van der Waals surface area contributed by atoms with Crippen molar-refractivity contribution in [1.82, 2.24) is 0 Å². The van der Waals surface area contributed by atoms with Crippen LogP contribution in [0.15, 0.2) is 18.2 Å². The minimum Gasteiger partial charge on any atom is -0.269 e. The van der Waals surface area contributed by atoms with E-state index in [0.717, 1.165) is 31.4 Å². The van der Waals surface area contributed by atoms with Crippen molar-refractivity contribution < 1.29 is 21.6 Å². The molecule has 1 heterocycles. The Balaban J connectivity index is 1.83. The minimum atomic E-state index is -4.71. The van der Waals surface area contributed by atoms with E-state index in [1.54, 1.807) is 0 Å². The van der Waals surface area contributed by atoms with Crippen molar-refractivity contribution in [2.24, 2.45) is 17.8 Å². The van der Waals surface area contributed by atoms with Gasteiger partial charge in [0.05, 0.1) is 27.6 Å². The van der Waals surface area contributed by atoms with Gasteiger partial charge in [-0.1, -0.05) is 6.92 Å². The summed E-state index contributed by atoms with van der Waals surface area (Å²) in [4.78, 5) is 0. The largest absolute Gasteiger partial charge is 0.417 e. The second-order valence-corrected chi connectivity index (χ2v) is 9.71. The molecule has 0 aromatic heterocycles. The molecule has 0 radical (unpaired) electrons. The number of anilines is 1. The lowest BCUT2D eigenvalue weighted by atomic mass is 9.77. The van der Waals surface area contributed by atoms with Crippen molar-refractivity contribution in [3.05, 3.63) is 29.3 Å². The molecule has 1 aliphatic heterocycles. The fourth-order valence-corrected chi connectivity index (χ4v) is 8.52. The van der Waals surface area contributed by atoms with Crippen molar-refractivity contribution >= 4 is 15.7 Å². The van der Waals surface area contributed by atoms with Crippen LogP contribution in [0.3, 0.4) is 0 Å². The molecule has 0 unspecified atom stereocenters. The topological polar surface area (TPSA) is 61.2 Å². The smallest absolute Gasteiger partial charge is 0.269 e. The molecule has 140 valence electrons. The van der Waals surface area contributed by atoms with E-state index < -0.39 is 32.1 Å². The summed E-state index contributed by atoms with van der Waals surface area (Å²) in [6, 6.07) is 4.72. The van der Waals surface area contributed by atoms with Crippen LogP contribution in [0.2, 0.25) is 0 Å². The van der Waals surface area contributed by atoms with E-state index in [-0.39, 0.29) is 24.1 Å². The molecule has 8 heteroatoms. The first-order valence-corrected chi connectivity index (χ1v) is 10.2. The Morgan fingerprint density at radius 3 is 2.65 bits per heavy atom. The predicted molar refractivity (Wildman–Crippen MR) is 89.8 cm³/mol. The van der Waals surface area contributed by atoms with Gasteiger partial charge in [-0.15, -0.1) is 0 Å². The van der Waals surface area contributed by atoms with Crippen molar-refractivity contribution in [1.29, 1.82) is 5.26 Å². The number of hydrogen-bond donors (Lipinski definition) is 0. The van der Waals surface area contributed by atoms with Crippen molar-refractivity contribution in [3.63, 3.8) is 0 Å². The summed E-state index contributed by atoms with van der Waals surface area (Å²) in [5.74, 6) is 0.402. The van der Waals surface area contributed by atoms with E-state index in [1.165, 1.54) is 16.4 Å². The molecule has 4 rings (SSSR count). The maximum Gasteiger partial charge on any atom is 0.417 e. The second kappa shape index (κ2) is 5.38. The number of rotatable bonds is 2. The first-order valence-electron chi connectivity index (χ1n) is 8.80. The zero-order valence-electron chi connectivity index (χ0n) is 14.3. The van der Waals surface area contributed by atoms with Gasteiger partial charge in [0.1, 0.15) is 0 Å². The lowest BCUT2D eigenvalue weighted by molar-refractivity contribution is -0.137. The van der Waals surface area contributed by atoms with Gasteiger partial charge in [-0.25, -0.2) is 8.42 Å². The maximum absolute atomic E-state index is 13.4. The molecule has 4 atom stereocenters. The number of hydrogen-bond acceptors (Lipinski definition) is 3. The van der Waals surface area contributed by atoms with Crippen molar-refractivity contribution in [2.75, 3.05) is 10.8 Å². The van der Waals surface area contributed by atoms with Crippen LogP contribution in [0, 0.1) is 29.1 Å². The van der Waals surface area contributed by atoms with Crippen LogP contribution >= 0.6 is 0 Å². The highest BCUT2D eigenvalue weighted by Crippen LogP contribution is 2.63. The minimum absolute atomic E-state index is 0.0120. The highest BCUT2D eigenvalue weighted by Gasteiger charge is 2.69. The van der Waals surface area contributed by atoms with Crippen molar-refractivity contribution in [2.45, 2.75) is 43.5 Å². The lowest BCUT2D eigenvalue weighted by Gasteiger charge is -2.36. The summed E-state index contributed by atoms with van der Waals surface area (Å²) in [6.07, 6.45) is -1.43. The third kappa shape index (κ3) is 2.04. The van der Waals surface area contributed by atoms with E-state index in [2.05, 4.69) is 0 Å². The number of alkyl halides is 3.